The molecule has 6 nitrogen and oxygen atoms in total. The summed E-state index contributed by atoms with van der Waals surface area (Å²) < 4.78 is 5.59. The van der Waals surface area contributed by atoms with E-state index in [1.54, 1.807) is 14.1 Å². The van der Waals surface area contributed by atoms with Crippen LogP contribution in [0.2, 0.25) is 0 Å². The highest BCUT2D eigenvalue weighted by Crippen LogP contribution is 2.28. The van der Waals surface area contributed by atoms with Gasteiger partial charge in [0.15, 0.2) is 5.96 Å². The van der Waals surface area contributed by atoms with Crippen LogP contribution in [0.25, 0.3) is 0 Å². The fraction of sp³-hybridized carbons (Fsp3) is 0.750. The summed E-state index contributed by atoms with van der Waals surface area (Å²) in [6.07, 6.45) is 3.56. The molecule has 1 aliphatic rings. The first kappa shape index (κ1) is 22.2. The lowest BCUT2D eigenvalue weighted by atomic mass is 10.3. The van der Waals surface area contributed by atoms with Crippen molar-refractivity contribution < 1.29 is 9.53 Å². The molecule has 0 spiro atoms. The van der Waals surface area contributed by atoms with E-state index in [4.69, 9.17) is 4.74 Å². The Morgan fingerprint density at radius 3 is 2.61 bits per heavy atom. The molecule has 0 aromatic carbocycles. The third-order valence-electron chi connectivity index (χ3n) is 3.24. The number of rotatable bonds is 10. The number of nitrogens with zero attached hydrogens (tertiary/aromatic N) is 2. The normalized spacial score (nSPS) is 14.0. The standard InChI is InChI=1S/C16H30N4O2.HI/c1-13(2)10-18-16(19-11-15(21)20(3)4)17-8-5-9-22-12-14-6-7-14;/h14H,1,5-12H2,2-4H3,(H2,17,18,19);1H. The third-order valence-corrected chi connectivity index (χ3v) is 3.24. The van der Waals surface area contributed by atoms with Crippen LogP contribution in [0.15, 0.2) is 17.1 Å². The summed E-state index contributed by atoms with van der Waals surface area (Å²) in [5, 5.41) is 6.38. The number of halogens is 1. The summed E-state index contributed by atoms with van der Waals surface area (Å²) in [4.78, 5) is 17.4. The molecule has 7 heteroatoms. The molecular weight excluding hydrogens is 407 g/mol. The second-order valence-corrected chi connectivity index (χ2v) is 6.06. The zero-order valence-electron chi connectivity index (χ0n) is 14.6. The van der Waals surface area contributed by atoms with E-state index < -0.39 is 0 Å². The van der Waals surface area contributed by atoms with Crippen molar-refractivity contribution in [1.29, 1.82) is 0 Å². The largest absolute Gasteiger partial charge is 0.381 e. The number of carbonyl (C=O) groups excluding carboxylic acids is 1. The smallest absolute Gasteiger partial charge is 0.243 e. The Bertz CT molecular complexity index is 396. The number of hydrogen-bond acceptors (Lipinski definition) is 3. The van der Waals surface area contributed by atoms with Crippen LogP contribution >= 0.6 is 24.0 Å². The van der Waals surface area contributed by atoms with Gasteiger partial charge in [0, 0.05) is 40.4 Å². The Morgan fingerprint density at radius 2 is 2.04 bits per heavy atom. The van der Waals surface area contributed by atoms with Crippen molar-refractivity contribution in [1.82, 2.24) is 15.5 Å². The topological polar surface area (TPSA) is 66.0 Å². The molecule has 1 rings (SSSR count). The molecule has 2 N–H and O–H groups in total. The third kappa shape index (κ3) is 12.3. The molecule has 0 unspecified atom stereocenters. The van der Waals surface area contributed by atoms with Crippen LogP contribution in [-0.2, 0) is 9.53 Å². The average molecular weight is 438 g/mol. The zero-order valence-corrected chi connectivity index (χ0v) is 16.9. The molecule has 0 aromatic rings. The van der Waals surface area contributed by atoms with Gasteiger partial charge in [-0.05, 0) is 32.1 Å². The van der Waals surface area contributed by atoms with Crippen molar-refractivity contribution in [2.45, 2.75) is 26.2 Å². The molecule has 0 saturated heterocycles. The summed E-state index contributed by atoms with van der Waals surface area (Å²) in [5.41, 5.74) is 1.02. The predicted molar refractivity (Wildman–Crippen MR) is 105 cm³/mol. The molecule has 0 heterocycles. The van der Waals surface area contributed by atoms with E-state index in [0.717, 1.165) is 37.7 Å². The van der Waals surface area contributed by atoms with Crippen LogP contribution in [-0.4, -0.2) is 63.7 Å². The van der Waals surface area contributed by atoms with Gasteiger partial charge < -0.3 is 20.3 Å². The van der Waals surface area contributed by atoms with Crippen LogP contribution in [0.1, 0.15) is 26.2 Å². The predicted octanol–water partition coefficient (Wildman–Crippen LogP) is 1.62. The van der Waals surface area contributed by atoms with Crippen LogP contribution < -0.4 is 10.6 Å². The van der Waals surface area contributed by atoms with E-state index in [1.165, 1.54) is 17.7 Å². The SMILES string of the molecule is C=C(C)CNC(=NCC(=O)N(C)C)NCCCOCC1CC1.I. The van der Waals surface area contributed by atoms with Crippen LogP contribution in [0, 0.1) is 5.92 Å². The summed E-state index contributed by atoms with van der Waals surface area (Å²) in [5.74, 6) is 1.42. The second kappa shape index (κ2) is 12.6. The molecule has 1 amide bonds. The fourth-order valence-corrected chi connectivity index (χ4v) is 1.61. The number of hydrogen-bond donors (Lipinski definition) is 2. The zero-order chi connectivity index (χ0) is 16.4. The first-order valence-electron chi connectivity index (χ1n) is 7.93. The van der Waals surface area contributed by atoms with Crippen molar-refractivity contribution in [3.63, 3.8) is 0 Å². The molecule has 0 bridgehead atoms. The van der Waals surface area contributed by atoms with Gasteiger partial charge in [-0.3, -0.25) is 4.79 Å². The maximum atomic E-state index is 11.6. The van der Waals surface area contributed by atoms with Gasteiger partial charge in [0.05, 0.1) is 0 Å². The van der Waals surface area contributed by atoms with Gasteiger partial charge in [-0.1, -0.05) is 12.2 Å². The Kier molecular flexibility index (Phi) is 12.1. The van der Waals surface area contributed by atoms with Gasteiger partial charge in [0.1, 0.15) is 6.54 Å². The molecule has 0 aromatic heterocycles. The summed E-state index contributed by atoms with van der Waals surface area (Å²) in [7, 11) is 3.45. The average Bonchev–Trinajstić information content (AvgIpc) is 3.27. The fourth-order valence-electron chi connectivity index (χ4n) is 1.61. The number of likely N-dealkylation sites (N-methyl/N-ethyl adjacent to an activating group) is 1. The van der Waals surface area contributed by atoms with Crippen molar-refractivity contribution >= 4 is 35.8 Å². The molecule has 0 radical (unpaired) electrons. The lowest BCUT2D eigenvalue weighted by Gasteiger charge is -2.14. The number of nitrogens with one attached hydrogen (secondary N) is 2. The van der Waals surface area contributed by atoms with Gasteiger partial charge in [-0.25, -0.2) is 4.99 Å². The maximum absolute atomic E-state index is 11.6. The monoisotopic (exact) mass is 438 g/mol. The Morgan fingerprint density at radius 1 is 1.35 bits per heavy atom. The van der Waals surface area contributed by atoms with E-state index in [9.17, 15) is 4.79 Å². The molecule has 1 fully saturated rings. The lowest BCUT2D eigenvalue weighted by molar-refractivity contribution is -0.127. The van der Waals surface area contributed by atoms with Crippen molar-refractivity contribution in [3.05, 3.63) is 12.2 Å². The highest BCUT2D eigenvalue weighted by molar-refractivity contribution is 14.0. The molecule has 23 heavy (non-hydrogen) atoms. The van der Waals surface area contributed by atoms with Gasteiger partial charge in [-0.2, -0.15) is 0 Å². The maximum Gasteiger partial charge on any atom is 0.243 e. The van der Waals surface area contributed by atoms with Gasteiger partial charge >= 0.3 is 0 Å². The highest BCUT2D eigenvalue weighted by Gasteiger charge is 2.20. The number of aliphatic imine (C=N–C) groups is 1. The number of guanidine groups is 1. The first-order chi connectivity index (χ1) is 10.5. The molecule has 0 atom stereocenters. The second-order valence-electron chi connectivity index (χ2n) is 6.06. The Hall–Kier alpha value is -0.830. The molecule has 0 aliphatic heterocycles. The van der Waals surface area contributed by atoms with E-state index >= 15 is 0 Å². The van der Waals surface area contributed by atoms with E-state index in [2.05, 4.69) is 22.2 Å². The van der Waals surface area contributed by atoms with Crippen molar-refractivity contribution in [2.75, 3.05) is 46.9 Å². The summed E-state index contributed by atoms with van der Waals surface area (Å²) in [6.45, 7) is 8.99. The van der Waals surface area contributed by atoms with Crippen LogP contribution in [0.5, 0.6) is 0 Å². The lowest BCUT2D eigenvalue weighted by Crippen LogP contribution is -2.39. The Balaban J connectivity index is 0.00000484. The minimum absolute atomic E-state index is 0. The molecular formula is C16H31IN4O2. The molecule has 1 aliphatic carbocycles. The van der Waals surface area contributed by atoms with Crippen LogP contribution in [0.4, 0.5) is 0 Å². The van der Waals surface area contributed by atoms with E-state index in [1.807, 2.05) is 6.92 Å². The molecule has 1 saturated carbocycles. The van der Waals surface area contributed by atoms with Gasteiger partial charge in [0.2, 0.25) is 5.91 Å². The van der Waals surface area contributed by atoms with Crippen molar-refractivity contribution in [3.8, 4) is 0 Å². The van der Waals surface area contributed by atoms with E-state index in [0.29, 0.717) is 12.5 Å². The van der Waals surface area contributed by atoms with Gasteiger partial charge in [-0.15, -0.1) is 24.0 Å². The first-order valence-corrected chi connectivity index (χ1v) is 7.93. The number of carbonyl (C=O) groups is 1. The van der Waals surface area contributed by atoms with Crippen molar-refractivity contribution in [2.24, 2.45) is 10.9 Å². The molecule has 134 valence electrons. The van der Waals surface area contributed by atoms with Gasteiger partial charge in [0.25, 0.3) is 0 Å². The summed E-state index contributed by atoms with van der Waals surface area (Å²) >= 11 is 0. The minimum atomic E-state index is -0.0239. The quantitative estimate of drug-likeness (QED) is 0.179. The Labute approximate surface area is 157 Å². The minimum Gasteiger partial charge on any atom is -0.381 e. The summed E-state index contributed by atoms with van der Waals surface area (Å²) in [6, 6.07) is 0. The van der Waals surface area contributed by atoms with E-state index in [-0.39, 0.29) is 36.4 Å². The highest BCUT2D eigenvalue weighted by atomic mass is 127. The number of amides is 1. The van der Waals surface area contributed by atoms with Crippen LogP contribution in [0.3, 0.4) is 0 Å². The number of ether oxygens (including phenoxy) is 1.